The highest BCUT2D eigenvalue weighted by Crippen LogP contribution is 2.32. The van der Waals surface area contributed by atoms with Gasteiger partial charge in [0.1, 0.15) is 0 Å². The maximum atomic E-state index is 10.8. The first-order chi connectivity index (χ1) is 10.7. The van der Waals surface area contributed by atoms with Gasteiger partial charge in [0.15, 0.2) is 0 Å². The number of aliphatic hydroxyl groups is 1. The third kappa shape index (κ3) is 3.99. The molecule has 2 fully saturated rings. The first kappa shape index (κ1) is 15.8. The maximum absolute atomic E-state index is 10.8. The van der Waals surface area contributed by atoms with E-state index in [1.807, 2.05) is 6.07 Å². The van der Waals surface area contributed by atoms with E-state index in [1.165, 1.54) is 49.9 Å². The molecular weight excluding hydrogens is 270 g/mol. The van der Waals surface area contributed by atoms with E-state index < -0.39 is 0 Å². The Morgan fingerprint density at radius 2 is 1.86 bits per heavy atom. The van der Waals surface area contributed by atoms with Crippen LogP contribution < -0.4 is 0 Å². The van der Waals surface area contributed by atoms with Crippen molar-refractivity contribution in [2.75, 3.05) is 19.6 Å². The summed E-state index contributed by atoms with van der Waals surface area (Å²) in [4.78, 5) is 2.57. The summed E-state index contributed by atoms with van der Waals surface area (Å²) in [5.74, 6) is 1.29. The summed E-state index contributed by atoms with van der Waals surface area (Å²) in [7, 11) is 0. The van der Waals surface area contributed by atoms with Gasteiger partial charge in [-0.25, -0.2) is 0 Å². The number of nitrogens with zero attached hydrogens (tertiary/aromatic N) is 1. The molecule has 2 nitrogen and oxygen atoms in total. The highest BCUT2D eigenvalue weighted by atomic mass is 16.3. The standard InChI is InChI=1S/C20H29NO/c1-16-10-12-21(13-11-16)15-19-9-5-8-18(20(19)22)14-17-6-3-2-4-7-17/h2-4,6-7,14,16,19-20,22H,5,8-13,15H2,1H3/b18-14+/t19-,20+/m1/s1. The van der Waals surface area contributed by atoms with Crippen molar-refractivity contribution in [1.82, 2.24) is 4.90 Å². The number of likely N-dealkylation sites (tertiary alicyclic amines) is 1. The molecule has 0 radical (unpaired) electrons. The van der Waals surface area contributed by atoms with E-state index in [-0.39, 0.29) is 6.10 Å². The van der Waals surface area contributed by atoms with Gasteiger partial charge in [0, 0.05) is 12.5 Å². The van der Waals surface area contributed by atoms with Crippen LogP contribution in [0.5, 0.6) is 0 Å². The summed E-state index contributed by atoms with van der Waals surface area (Å²) in [6, 6.07) is 10.4. The van der Waals surface area contributed by atoms with Crippen LogP contribution in [0, 0.1) is 11.8 Å². The van der Waals surface area contributed by atoms with Gasteiger partial charge in [-0.3, -0.25) is 0 Å². The second-order valence-corrected chi connectivity index (χ2v) is 7.21. The van der Waals surface area contributed by atoms with Crippen LogP contribution in [0.4, 0.5) is 0 Å². The highest BCUT2D eigenvalue weighted by molar-refractivity contribution is 5.54. The Morgan fingerprint density at radius 1 is 1.14 bits per heavy atom. The van der Waals surface area contributed by atoms with Crippen LogP contribution in [0.1, 0.15) is 44.6 Å². The molecule has 1 aliphatic heterocycles. The summed E-state index contributed by atoms with van der Waals surface area (Å²) < 4.78 is 0. The normalized spacial score (nSPS) is 29.8. The average Bonchev–Trinajstić information content (AvgIpc) is 2.54. The van der Waals surface area contributed by atoms with E-state index in [9.17, 15) is 5.11 Å². The molecule has 22 heavy (non-hydrogen) atoms. The summed E-state index contributed by atoms with van der Waals surface area (Å²) in [6.45, 7) is 5.84. The molecule has 2 aliphatic rings. The molecule has 1 saturated carbocycles. The lowest BCUT2D eigenvalue weighted by Gasteiger charge is -2.37. The molecular formula is C20H29NO. The van der Waals surface area contributed by atoms with Crippen molar-refractivity contribution >= 4 is 6.08 Å². The molecule has 3 rings (SSSR count). The number of hydrogen-bond acceptors (Lipinski definition) is 2. The lowest BCUT2D eigenvalue weighted by molar-refractivity contribution is 0.0719. The molecule has 0 amide bonds. The van der Waals surface area contributed by atoms with Crippen molar-refractivity contribution in [3.8, 4) is 0 Å². The molecule has 1 N–H and O–H groups in total. The molecule has 0 spiro atoms. The fourth-order valence-electron chi connectivity index (χ4n) is 3.87. The van der Waals surface area contributed by atoms with E-state index in [0.717, 1.165) is 18.9 Å². The summed E-state index contributed by atoms with van der Waals surface area (Å²) in [5, 5.41) is 10.8. The van der Waals surface area contributed by atoms with Crippen molar-refractivity contribution in [1.29, 1.82) is 0 Å². The first-order valence-corrected chi connectivity index (χ1v) is 8.88. The van der Waals surface area contributed by atoms with Crippen molar-refractivity contribution in [2.24, 2.45) is 11.8 Å². The monoisotopic (exact) mass is 299 g/mol. The zero-order valence-corrected chi connectivity index (χ0v) is 13.7. The Kier molecular flexibility index (Phi) is 5.32. The predicted octanol–water partition coefficient (Wildman–Crippen LogP) is 3.96. The quantitative estimate of drug-likeness (QED) is 0.913. The first-order valence-electron chi connectivity index (χ1n) is 8.88. The van der Waals surface area contributed by atoms with E-state index in [0.29, 0.717) is 5.92 Å². The van der Waals surface area contributed by atoms with Crippen LogP contribution in [0.3, 0.4) is 0 Å². The van der Waals surface area contributed by atoms with Crippen molar-refractivity contribution in [3.05, 3.63) is 41.5 Å². The minimum absolute atomic E-state index is 0.256. The van der Waals surface area contributed by atoms with E-state index in [1.54, 1.807) is 0 Å². The minimum atomic E-state index is -0.256. The topological polar surface area (TPSA) is 23.5 Å². The Balaban J connectivity index is 1.62. The van der Waals surface area contributed by atoms with Crippen LogP contribution >= 0.6 is 0 Å². The third-order valence-electron chi connectivity index (χ3n) is 5.39. The predicted molar refractivity (Wildman–Crippen MR) is 92.6 cm³/mol. The van der Waals surface area contributed by atoms with E-state index >= 15 is 0 Å². The number of rotatable bonds is 3. The van der Waals surface area contributed by atoms with Gasteiger partial charge in [-0.05, 0) is 62.2 Å². The van der Waals surface area contributed by atoms with Gasteiger partial charge in [-0.15, -0.1) is 0 Å². The maximum Gasteiger partial charge on any atom is 0.0793 e. The van der Waals surface area contributed by atoms with Gasteiger partial charge < -0.3 is 10.0 Å². The van der Waals surface area contributed by atoms with Crippen LogP contribution in [0.25, 0.3) is 6.08 Å². The fraction of sp³-hybridized carbons (Fsp3) is 0.600. The number of hydrogen-bond donors (Lipinski definition) is 1. The Hall–Kier alpha value is -1.12. The lowest BCUT2D eigenvalue weighted by Crippen LogP contribution is -2.41. The van der Waals surface area contributed by atoms with Gasteiger partial charge in [0.25, 0.3) is 0 Å². The number of piperidine rings is 1. The summed E-state index contributed by atoms with van der Waals surface area (Å²) in [6.07, 6.45) is 8.00. The molecule has 1 heterocycles. The molecule has 0 unspecified atom stereocenters. The second kappa shape index (κ2) is 7.43. The SMILES string of the molecule is CC1CCN(C[C@H]2CCC/C(=C\c3ccccc3)[C@@H]2O)CC1. The van der Waals surface area contributed by atoms with Crippen molar-refractivity contribution in [2.45, 2.75) is 45.1 Å². The van der Waals surface area contributed by atoms with Crippen LogP contribution in [0.15, 0.2) is 35.9 Å². The fourth-order valence-corrected chi connectivity index (χ4v) is 3.87. The molecule has 1 aromatic carbocycles. The van der Waals surface area contributed by atoms with Crippen molar-refractivity contribution < 1.29 is 5.11 Å². The highest BCUT2D eigenvalue weighted by Gasteiger charge is 2.29. The van der Waals surface area contributed by atoms with Gasteiger partial charge in [0.05, 0.1) is 6.10 Å². The van der Waals surface area contributed by atoms with Gasteiger partial charge >= 0.3 is 0 Å². The second-order valence-electron chi connectivity index (χ2n) is 7.21. The Morgan fingerprint density at radius 3 is 2.59 bits per heavy atom. The van der Waals surface area contributed by atoms with Gasteiger partial charge in [-0.2, -0.15) is 0 Å². The molecule has 1 aliphatic carbocycles. The third-order valence-corrected chi connectivity index (χ3v) is 5.39. The van der Waals surface area contributed by atoms with E-state index in [4.69, 9.17) is 0 Å². The molecule has 0 aromatic heterocycles. The lowest BCUT2D eigenvalue weighted by atomic mass is 9.81. The van der Waals surface area contributed by atoms with Gasteiger partial charge in [0.2, 0.25) is 0 Å². The van der Waals surface area contributed by atoms with Crippen LogP contribution in [0.2, 0.25) is 0 Å². The van der Waals surface area contributed by atoms with Crippen LogP contribution in [-0.2, 0) is 0 Å². The summed E-state index contributed by atoms with van der Waals surface area (Å²) in [5.41, 5.74) is 2.44. The summed E-state index contributed by atoms with van der Waals surface area (Å²) >= 11 is 0. The molecule has 2 heteroatoms. The minimum Gasteiger partial charge on any atom is -0.388 e. The molecule has 2 atom stereocenters. The number of benzene rings is 1. The Bertz CT molecular complexity index is 488. The zero-order chi connectivity index (χ0) is 15.4. The van der Waals surface area contributed by atoms with E-state index in [2.05, 4.69) is 42.2 Å². The molecule has 120 valence electrons. The largest absolute Gasteiger partial charge is 0.388 e. The Labute approximate surface area is 134 Å². The van der Waals surface area contributed by atoms with Crippen LogP contribution in [-0.4, -0.2) is 35.7 Å². The van der Waals surface area contributed by atoms with Gasteiger partial charge in [-0.1, -0.05) is 43.3 Å². The zero-order valence-electron chi connectivity index (χ0n) is 13.7. The molecule has 1 aromatic rings. The number of aliphatic hydroxyl groups excluding tert-OH is 1. The average molecular weight is 299 g/mol. The van der Waals surface area contributed by atoms with Crippen molar-refractivity contribution in [3.63, 3.8) is 0 Å². The molecule has 0 bridgehead atoms. The smallest absolute Gasteiger partial charge is 0.0793 e. The molecule has 1 saturated heterocycles.